The predicted octanol–water partition coefficient (Wildman–Crippen LogP) is 3.07. The highest BCUT2D eigenvalue weighted by Gasteiger charge is 2.29. The number of fused-ring (bicyclic) bond motifs is 1. The minimum Gasteiger partial charge on any atom is -0.440 e. The molecule has 8 nitrogen and oxygen atoms in total. The van der Waals surface area contributed by atoms with Crippen LogP contribution in [0.4, 0.5) is 5.69 Å². The molecule has 3 heterocycles. The highest BCUT2D eigenvalue weighted by molar-refractivity contribution is 7.92. The lowest BCUT2D eigenvalue weighted by Crippen LogP contribution is -2.27. The average Bonchev–Trinajstić information content (AvgIpc) is 3.09. The van der Waals surface area contributed by atoms with E-state index in [0.717, 1.165) is 25.7 Å². The Kier molecular flexibility index (Phi) is 3.94. The summed E-state index contributed by atoms with van der Waals surface area (Å²) in [7, 11) is -3.83. The van der Waals surface area contributed by atoms with Crippen LogP contribution < -0.4 is 4.72 Å². The van der Waals surface area contributed by atoms with Crippen molar-refractivity contribution in [3.05, 3.63) is 42.0 Å². The Balaban J connectivity index is 1.37. The quantitative estimate of drug-likeness (QED) is 0.684. The van der Waals surface area contributed by atoms with Crippen molar-refractivity contribution in [2.75, 3.05) is 17.8 Å². The molecule has 0 atom stereocenters. The molecule has 1 aliphatic heterocycles. The first-order valence-electron chi connectivity index (χ1n) is 9.41. The molecule has 2 aromatic heterocycles. The highest BCUT2D eigenvalue weighted by Crippen LogP contribution is 2.40. The minimum atomic E-state index is -3.83. The zero-order chi connectivity index (χ0) is 19.3. The SMILES string of the molecule is O=C(c1cc(S(=O)(=O)Nc2ccc3oc(C4CC4)nc3c2)c[nH]1)N1CCCC1. The maximum absolute atomic E-state index is 12.7. The summed E-state index contributed by atoms with van der Waals surface area (Å²) in [5.74, 6) is 0.931. The smallest absolute Gasteiger partial charge is 0.270 e. The molecule has 1 aliphatic carbocycles. The molecule has 0 bridgehead atoms. The molecule has 3 aromatic rings. The number of carbonyl (C=O) groups is 1. The van der Waals surface area contributed by atoms with Crippen molar-refractivity contribution in [1.82, 2.24) is 14.9 Å². The summed E-state index contributed by atoms with van der Waals surface area (Å²) in [6.45, 7) is 1.41. The van der Waals surface area contributed by atoms with Gasteiger partial charge in [0.2, 0.25) is 0 Å². The Morgan fingerprint density at radius 2 is 2.00 bits per heavy atom. The summed E-state index contributed by atoms with van der Waals surface area (Å²) in [6, 6.07) is 6.39. The number of aromatic amines is 1. The van der Waals surface area contributed by atoms with E-state index in [-0.39, 0.29) is 16.5 Å². The van der Waals surface area contributed by atoms with Gasteiger partial charge in [-0.1, -0.05) is 0 Å². The largest absolute Gasteiger partial charge is 0.440 e. The number of benzene rings is 1. The van der Waals surface area contributed by atoms with E-state index < -0.39 is 10.0 Å². The van der Waals surface area contributed by atoms with E-state index >= 15 is 0 Å². The molecule has 9 heteroatoms. The van der Waals surface area contributed by atoms with Crippen LogP contribution in [0.3, 0.4) is 0 Å². The summed E-state index contributed by atoms with van der Waals surface area (Å²) in [5, 5.41) is 0. The molecular weight excluding hydrogens is 380 g/mol. The topological polar surface area (TPSA) is 108 Å². The standard InChI is InChI=1S/C19H20N4O4S/c24-19(23-7-1-2-8-23)16-10-14(11-20-16)28(25,26)22-13-5-6-17-15(9-13)21-18(27-17)12-3-4-12/h5-6,9-12,20,22H,1-4,7-8H2. The van der Waals surface area contributed by atoms with Crippen molar-refractivity contribution in [1.29, 1.82) is 0 Å². The van der Waals surface area contributed by atoms with E-state index in [9.17, 15) is 13.2 Å². The number of likely N-dealkylation sites (tertiary alicyclic amines) is 1. The normalized spacial score (nSPS) is 17.4. The van der Waals surface area contributed by atoms with Crippen LogP contribution in [0.2, 0.25) is 0 Å². The fraction of sp³-hybridized carbons (Fsp3) is 0.368. The van der Waals surface area contributed by atoms with Gasteiger partial charge >= 0.3 is 0 Å². The van der Waals surface area contributed by atoms with E-state index in [0.29, 0.717) is 41.7 Å². The lowest BCUT2D eigenvalue weighted by Gasteiger charge is -2.13. The number of hydrogen-bond acceptors (Lipinski definition) is 5. The molecule has 1 saturated carbocycles. The van der Waals surface area contributed by atoms with Gasteiger partial charge in [-0.2, -0.15) is 0 Å². The van der Waals surface area contributed by atoms with Crippen molar-refractivity contribution < 1.29 is 17.6 Å². The van der Waals surface area contributed by atoms with E-state index in [1.165, 1.54) is 12.3 Å². The first-order chi connectivity index (χ1) is 13.5. The maximum Gasteiger partial charge on any atom is 0.270 e. The van der Waals surface area contributed by atoms with Gasteiger partial charge in [0.15, 0.2) is 11.5 Å². The molecule has 2 N–H and O–H groups in total. The molecule has 0 radical (unpaired) electrons. The summed E-state index contributed by atoms with van der Waals surface area (Å²) in [6.07, 6.45) is 5.46. The molecule has 1 saturated heterocycles. The Labute approximate surface area is 162 Å². The van der Waals surface area contributed by atoms with Crippen LogP contribution in [-0.4, -0.2) is 42.3 Å². The number of aromatic nitrogens is 2. The zero-order valence-corrected chi connectivity index (χ0v) is 16.0. The third-order valence-electron chi connectivity index (χ3n) is 5.17. The Morgan fingerprint density at radius 1 is 1.21 bits per heavy atom. The maximum atomic E-state index is 12.7. The van der Waals surface area contributed by atoms with Crippen molar-refractivity contribution >= 4 is 32.7 Å². The number of amides is 1. The van der Waals surface area contributed by atoms with Gasteiger partial charge in [-0.3, -0.25) is 9.52 Å². The van der Waals surface area contributed by atoms with Crippen LogP contribution in [0, 0.1) is 0 Å². The van der Waals surface area contributed by atoms with Gasteiger partial charge in [0, 0.05) is 25.2 Å². The van der Waals surface area contributed by atoms with Gasteiger partial charge in [0.05, 0.1) is 5.69 Å². The van der Waals surface area contributed by atoms with E-state index in [1.807, 2.05) is 0 Å². The Hall–Kier alpha value is -2.81. The number of rotatable bonds is 5. The average molecular weight is 400 g/mol. The first kappa shape index (κ1) is 17.3. The fourth-order valence-corrected chi connectivity index (χ4v) is 4.51. The third-order valence-corrected chi connectivity index (χ3v) is 6.53. The monoisotopic (exact) mass is 400 g/mol. The number of H-pyrrole nitrogens is 1. The molecule has 146 valence electrons. The molecule has 1 aromatic carbocycles. The molecule has 5 rings (SSSR count). The number of carbonyl (C=O) groups excluding carboxylic acids is 1. The van der Waals surface area contributed by atoms with Gasteiger partial charge in [-0.15, -0.1) is 0 Å². The molecule has 0 unspecified atom stereocenters. The molecule has 2 aliphatic rings. The summed E-state index contributed by atoms with van der Waals surface area (Å²) < 4.78 is 33.7. The van der Waals surface area contributed by atoms with E-state index in [1.54, 1.807) is 23.1 Å². The second-order valence-electron chi connectivity index (χ2n) is 7.36. The molecule has 28 heavy (non-hydrogen) atoms. The van der Waals surface area contributed by atoms with Gasteiger partial charge in [0.25, 0.3) is 15.9 Å². The lowest BCUT2D eigenvalue weighted by atomic mass is 10.3. The number of nitrogens with one attached hydrogen (secondary N) is 2. The van der Waals surface area contributed by atoms with Crippen LogP contribution in [0.25, 0.3) is 11.1 Å². The third kappa shape index (κ3) is 3.15. The van der Waals surface area contributed by atoms with Crippen molar-refractivity contribution in [2.45, 2.75) is 36.5 Å². The number of nitrogens with zero attached hydrogens (tertiary/aromatic N) is 2. The number of sulfonamides is 1. The summed E-state index contributed by atoms with van der Waals surface area (Å²) in [4.78, 5) is 21.4. The molecule has 1 amide bonds. The van der Waals surface area contributed by atoms with E-state index in [4.69, 9.17) is 4.42 Å². The zero-order valence-electron chi connectivity index (χ0n) is 15.1. The first-order valence-corrected chi connectivity index (χ1v) is 10.9. The lowest BCUT2D eigenvalue weighted by molar-refractivity contribution is 0.0787. The van der Waals surface area contributed by atoms with Gasteiger partial charge in [-0.25, -0.2) is 13.4 Å². The molecular formula is C19H20N4O4S. The fourth-order valence-electron chi connectivity index (χ4n) is 3.47. The van der Waals surface area contributed by atoms with Crippen molar-refractivity contribution in [3.63, 3.8) is 0 Å². The number of anilines is 1. The van der Waals surface area contributed by atoms with Crippen molar-refractivity contribution in [3.8, 4) is 0 Å². The van der Waals surface area contributed by atoms with Crippen LogP contribution in [0.1, 0.15) is 48.0 Å². The van der Waals surface area contributed by atoms with Crippen molar-refractivity contribution in [2.24, 2.45) is 0 Å². The van der Waals surface area contributed by atoms with Gasteiger partial charge in [-0.05, 0) is 49.9 Å². The van der Waals surface area contributed by atoms with Crippen LogP contribution in [0.15, 0.2) is 39.8 Å². The predicted molar refractivity (Wildman–Crippen MR) is 103 cm³/mol. The van der Waals surface area contributed by atoms with Crippen LogP contribution in [-0.2, 0) is 10.0 Å². The second kappa shape index (κ2) is 6.37. The van der Waals surface area contributed by atoms with E-state index in [2.05, 4.69) is 14.7 Å². The van der Waals surface area contributed by atoms with Gasteiger partial charge in [0.1, 0.15) is 16.1 Å². The highest BCUT2D eigenvalue weighted by atomic mass is 32.2. The summed E-state index contributed by atoms with van der Waals surface area (Å²) in [5.41, 5.74) is 1.95. The number of oxazole rings is 1. The minimum absolute atomic E-state index is 0.0222. The number of hydrogen-bond donors (Lipinski definition) is 2. The Morgan fingerprint density at radius 3 is 2.75 bits per heavy atom. The Bertz CT molecular complexity index is 1150. The molecule has 2 fully saturated rings. The molecule has 0 spiro atoms. The summed E-state index contributed by atoms with van der Waals surface area (Å²) >= 11 is 0. The van der Waals surface area contributed by atoms with Gasteiger partial charge < -0.3 is 14.3 Å². The second-order valence-corrected chi connectivity index (χ2v) is 9.05. The van der Waals surface area contributed by atoms with Crippen LogP contribution >= 0.6 is 0 Å². The van der Waals surface area contributed by atoms with Crippen LogP contribution in [0.5, 0.6) is 0 Å².